The Balaban J connectivity index is 4.67. The van der Waals surface area contributed by atoms with Crippen molar-refractivity contribution in [1.29, 1.82) is 0 Å². The van der Waals surface area contributed by atoms with E-state index in [1.54, 1.807) is 7.05 Å². The third kappa shape index (κ3) is 4.04. The first-order chi connectivity index (χ1) is 6.73. The number of hydrogen-bond donors (Lipinski definition) is 1. The minimum absolute atomic E-state index is 0.0194. The topological polar surface area (TPSA) is 63.4 Å². The Morgan fingerprint density at radius 2 is 1.93 bits per heavy atom. The first-order valence-electron chi connectivity index (χ1n) is 4.97. The molecular formula is C9H20N2O2S2. The van der Waals surface area contributed by atoms with Crippen LogP contribution in [0.1, 0.15) is 27.2 Å². The van der Waals surface area contributed by atoms with Crippen LogP contribution in [0.15, 0.2) is 0 Å². The summed E-state index contributed by atoms with van der Waals surface area (Å²) in [7, 11) is -1.81. The molecule has 2 N–H and O–H groups in total. The van der Waals surface area contributed by atoms with E-state index in [-0.39, 0.29) is 4.99 Å². The molecule has 0 heterocycles. The molecule has 0 aromatic heterocycles. The number of rotatable bonds is 6. The molecule has 0 aliphatic rings. The molecule has 15 heavy (non-hydrogen) atoms. The number of sulfonamides is 1. The van der Waals surface area contributed by atoms with Crippen LogP contribution in [0.5, 0.6) is 0 Å². The first kappa shape index (κ1) is 14.8. The largest absolute Gasteiger partial charge is 0.392 e. The molecule has 90 valence electrons. The van der Waals surface area contributed by atoms with E-state index in [4.69, 9.17) is 18.0 Å². The van der Waals surface area contributed by atoms with Crippen molar-refractivity contribution in [2.24, 2.45) is 11.7 Å². The van der Waals surface area contributed by atoms with Gasteiger partial charge in [-0.15, -0.1) is 0 Å². The molecular weight excluding hydrogens is 232 g/mol. The maximum atomic E-state index is 11.9. The highest BCUT2D eigenvalue weighted by atomic mass is 32.2. The lowest BCUT2D eigenvalue weighted by atomic mass is 10.1. The Bertz CT molecular complexity index is 314. The van der Waals surface area contributed by atoms with Gasteiger partial charge in [0, 0.05) is 13.6 Å². The smallest absolute Gasteiger partial charge is 0.222 e. The highest BCUT2D eigenvalue weighted by Gasteiger charge is 2.28. The lowest BCUT2D eigenvalue weighted by Crippen LogP contribution is -2.42. The van der Waals surface area contributed by atoms with Crippen molar-refractivity contribution < 1.29 is 8.42 Å². The van der Waals surface area contributed by atoms with E-state index in [9.17, 15) is 8.42 Å². The van der Waals surface area contributed by atoms with Gasteiger partial charge in [-0.25, -0.2) is 12.7 Å². The summed E-state index contributed by atoms with van der Waals surface area (Å²) in [4.78, 5) is 0.0194. The van der Waals surface area contributed by atoms with E-state index in [0.717, 1.165) is 6.42 Å². The molecule has 0 amide bonds. The molecule has 0 fully saturated rings. The monoisotopic (exact) mass is 252 g/mol. The third-order valence-corrected chi connectivity index (χ3v) is 5.22. The molecule has 0 aliphatic carbocycles. The van der Waals surface area contributed by atoms with Crippen LogP contribution in [0.3, 0.4) is 0 Å². The van der Waals surface area contributed by atoms with Crippen LogP contribution in [0.2, 0.25) is 0 Å². The normalized spacial score (nSPS) is 16.3. The van der Waals surface area contributed by atoms with Crippen LogP contribution in [0, 0.1) is 5.92 Å². The zero-order valence-electron chi connectivity index (χ0n) is 9.73. The molecule has 0 saturated heterocycles. The zero-order valence-corrected chi connectivity index (χ0v) is 11.4. The van der Waals surface area contributed by atoms with Crippen LogP contribution in [0.4, 0.5) is 0 Å². The summed E-state index contributed by atoms with van der Waals surface area (Å²) in [5.41, 5.74) is 5.35. The second kappa shape index (κ2) is 5.77. The van der Waals surface area contributed by atoms with Crippen LogP contribution in [-0.4, -0.2) is 36.6 Å². The van der Waals surface area contributed by atoms with E-state index in [1.165, 1.54) is 11.2 Å². The summed E-state index contributed by atoms with van der Waals surface area (Å²) in [6.07, 6.45) is 0.946. The number of nitrogens with zero attached hydrogens (tertiary/aromatic N) is 1. The maximum Gasteiger partial charge on any atom is 0.222 e. The van der Waals surface area contributed by atoms with Crippen molar-refractivity contribution in [3.63, 3.8) is 0 Å². The Labute approximate surface area is 97.9 Å². The molecule has 2 atom stereocenters. The van der Waals surface area contributed by atoms with E-state index >= 15 is 0 Å². The van der Waals surface area contributed by atoms with Crippen molar-refractivity contribution >= 4 is 27.2 Å². The summed E-state index contributed by atoms with van der Waals surface area (Å²) >= 11 is 4.70. The molecule has 0 aromatic carbocycles. The van der Waals surface area contributed by atoms with Gasteiger partial charge in [-0.1, -0.05) is 32.5 Å². The molecule has 0 aromatic rings. The maximum absolute atomic E-state index is 11.9. The molecule has 0 radical (unpaired) electrons. The third-order valence-electron chi connectivity index (χ3n) is 2.55. The Morgan fingerprint density at radius 1 is 1.47 bits per heavy atom. The minimum atomic E-state index is -3.38. The van der Waals surface area contributed by atoms with Crippen LogP contribution in [0.25, 0.3) is 0 Å². The molecule has 0 saturated carbocycles. The second-order valence-corrected chi connectivity index (χ2v) is 6.72. The molecule has 0 spiro atoms. The van der Waals surface area contributed by atoms with Gasteiger partial charge in [-0.2, -0.15) is 0 Å². The molecule has 4 nitrogen and oxygen atoms in total. The molecule has 0 rings (SSSR count). The van der Waals surface area contributed by atoms with Crippen LogP contribution >= 0.6 is 12.2 Å². The highest BCUT2D eigenvalue weighted by molar-refractivity contribution is 7.92. The fourth-order valence-electron chi connectivity index (χ4n) is 1.09. The van der Waals surface area contributed by atoms with Gasteiger partial charge in [0.25, 0.3) is 0 Å². The minimum Gasteiger partial charge on any atom is -0.392 e. The predicted molar refractivity (Wildman–Crippen MR) is 67.3 cm³/mol. The quantitative estimate of drug-likeness (QED) is 0.715. The SMILES string of the molecule is CCC(C)CN(C)S(=O)(=O)C(C)C(N)=S. The summed E-state index contributed by atoms with van der Waals surface area (Å²) in [6, 6.07) is 0. The summed E-state index contributed by atoms with van der Waals surface area (Å²) in [5, 5.41) is -0.790. The molecule has 0 bridgehead atoms. The van der Waals surface area contributed by atoms with E-state index < -0.39 is 15.3 Å². The average Bonchev–Trinajstić information content (AvgIpc) is 2.15. The van der Waals surface area contributed by atoms with Crippen molar-refractivity contribution in [1.82, 2.24) is 4.31 Å². The van der Waals surface area contributed by atoms with Crippen molar-refractivity contribution in [3.8, 4) is 0 Å². The molecule has 6 heteroatoms. The molecule has 0 aliphatic heterocycles. The van der Waals surface area contributed by atoms with Crippen molar-refractivity contribution in [2.45, 2.75) is 32.4 Å². The first-order valence-corrected chi connectivity index (χ1v) is 6.89. The predicted octanol–water partition coefficient (Wildman–Crippen LogP) is 0.969. The Morgan fingerprint density at radius 3 is 2.27 bits per heavy atom. The fourth-order valence-corrected chi connectivity index (χ4v) is 2.75. The average molecular weight is 252 g/mol. The van der Waals surface area contributed by atoms with Crippen molar-refractivity contribution in [3.05, 3.63) is 0 Å². The van der Waals surface area contributed by atoms with Gasteiger partial charge < -0.3 is 5.73 Å². The lowest BCUT2D eigenvalue weighted by Gasteiger charge is -2.23. The molecule has 2 unspecified atom stereocenters. The lowest BCUT2D eigenvalue weighted by molar-refractivity contribution is 0.392. The van der Waals surface area contributed by atoms with Gasteiger partial charge in [0.1, 0.15) is 5.25 Å². The summed E-state index contributed by atoms with van der Waals surface area (Å²) < 4.78 is 25.1. The summed E-state index contributed by atoms with van der Waals surface area (Å²) in [6.45, 7) is 6.07. The number of thiocarbonyl (C=S) groups is 1. The van der Waals surface area contributed by atoms with E-state index in [0.29, 0.717) is 12.5 Å². The standard InChI is InChI=1S/C9H20N2O2S2/c1-5-7(2)6-11(4)15(12,13)8(3)9(10)14/h7-8H,5-6H2,1-4H3,(H2,10,14). The van der Waals surface area contributed by atoms with E-state index in [2.05, 4.69) is 0 Å². The van der Waals surface area contributed by atoms with Gasteiger partial charge in [0.05, 0.1) is 4.99 Å². The van der Waals surface area contributed by atoms with Gasteiger partial charge in [0.15, 0.2) is 0 Å². The van der Waals surface area contributed by atoms with Crippen LogP contribution < -0.4 is 5.73 Å². The van der Waals surface area contributed by atoms with Crippen LogP contribution in [-0.2, 0) is 10.0 Å². The fraction of sp³-hybridized carbons (Fsp3) is 0.889. The van der Waals surface area contributed by atoms with E-state index in [1.807, 2.05) is 13.8 Å². The summed E-state index contributed by atoms with van der Waals surface area (Å²) in [5.74, 6) is 0.336. The Hall–Kier alpha value is -0.200. The van der Waals surface area contributed by atoms with Gasteiger partial charge in [-0.3, -0.25) is 0 Å². The van der Waals surface area contributed by atoms with Gasteiger partial charge in [0.2, 0.25) is 10.0 Å². The van der Waals surface area contributed by atoms with Gasteiger partial charge in [-0.05, 0) is 12.8 Å². The second-order valence-electron chi connectivity index (χ2n) is 3.88. The Kier molecular flexibility index (Phi) is 5.69. The number of hydrogen-bond acceptors (Lipinski definition) is 3. The highest BCUT2D eigenvalue weighted by Crippen LogP contribution is 2.11. The number of nitrogens with two attached hydrogens (primary N) is 1. The van der Waals surface area contributed by atoms with Crippen molar-refractivity contribution in [2.75, 3.05) is 13.6 Å². The zero-order chi connectivity index (χ0) is 12.2. The van der Waals surface area contributed by atoms with Gasteiger partial charge >= 0.3 is 0 Å².